The van der Waals surface area contributed by atoms with Crippen LogP contribution in [-0.2, 0) is 4.74 Å². The van der Waals surface area contributed by atoms with Gasteiger partial charge in [-0.3, -0.25) is 0 Å². The number of rotatable bonds is 4. The first-order valence-electron chi connectivity index (χ1n) is 5.43. The number of nitrogen functional groups attached to an aromatic ring is 1. The molecule has 0 spiro atoms. The van der Waals surface area contributed by atoms with Crippen molar-refractivity contribution in [1.82, 2.24) is 4.98 Å². The lowest BCUT2D eigenvalue weighted by atomic mass is 10.3. The predicted molar refractivity (Wildman–Crippen MR) is 59.7 cm³/mol. The summed E-state index contributed by atoms with van der Waals surface area (Å²) in [6.45, 7) is 3.79. The van der Waals surface area contributed by atoms with Gasteiger partial charge in [-0.1, -0.05) is 0 Å². The van der Waals surface area contributed by atoms with Crippen LogP contribution in [0.15, 0.2) is 12.1 Å². The smallest absolute Gasteiger partial charge is 0.240 e. The third-order valence-electron chi connectivity index (χ3n) is 2.32. The highest BCUT2D eigenvalue weighted by Gasteiger charge is 2.18. The Hall–Kier alpha value is -1.49. The van der Waals surface area contributed by atoms with Crippen LogP contribution in [0.2, 0.25) is 0 Å². The molecule has 2 N–H and O–H groups in total. The number of aromatic nitrogens is 1. The summed E-state index contributed by atoms with van der Waals surface area (Å²) in [6.07, 6.45) is 0.987. The highest BCUT2D eigenvalue weighted by Crippen LogP contribution is 2.23. The molecule has 1 saturated heterocycles. The molecular weight excluding hydrogens is 208 g/mol. The van der Waals surface area contributed by atoms with Gasteiger partial charge in [0.2, 0.25) is 11.8 Å². The molecule has 1 aromatic heterocycles. The van der Waals surface area contributed by atoms with Crippen LogP contribution in [0.4, 0.5) is 5.69 Å². The van der Waals surface area contributed by atoms with E-state index in [1.54, 1.807) is 12.1 Å². The molecule has 88 valence electrons. The molecule has 0 radical (unpaired) electrons. The molecule has 16 heavy (non-hydrogen) atoms. The standard InChI is InChI=1S/C11H16N2O3/c1-2-15-11-9(12)3-4-10(13-11)16-8-5-6-14-7-8/h3-4,8H,2,5-7,12H2,1H3. The molecule has 0 saturated carbocycles. The quantitative estimate of drug-likeness (QED) is 0.833. The van der Waals surface area contributed by atoms with Gasteiger partial charge in [0.1, 0.15) is 6.10 Å². The van der Waals surface area contributed by atoms with Crippen LogP contribution in [0.1, 0.15) is 13.3 Å². The number of hydrogen-bond donors (Lipinski definition) is 1. The van der Waals surface area contributed by atoms with Crippen molar-refractivity contribution in [2.75, 3.05) is 25.6 Å². The van der Waals surface area contributed by atoms with E-state index in [1.165, 1.54) is 0 Å². The fourth-order valence-corrected chi connectivity index (χ4v) is 1.53. The Balaban J connectivity index is 2.05. The van der Waals surface area contributed by atoms with Gasteiger partial charge in [0, 0.05) is 12.5 Å². The molecule has 0 amide bonds. The van der Waals surface area contributed by atoms with Gasteiger partial charge >= 0.3 is 0 Å². The summed E-state index contributed by atoms with van der Waals surface area (Å²) in [7, 11) is 0. The van der Waals surface area contributed by atoms with Crippen LogP contribution in [0.3, 0.4) is 0 Å². The second kappa shape index (κ2) is 5.03. The van der Waals surface area contributed by atoms with Crippen LogP contribution in [0, 0.1) is 0 Å². The maximum absolute atomic E-state index is 5.72. The van der Waals surface area contributed by atoms with Gasteiger partial charge < -0.3 is 19.9 Å². The highest BCUT2D eigenvalue weighted by atomic mass is 16.6. The van der Waals surface area contributed by atoms with Gasteiger partial charge in [-0.25, -0.2) is 0 Å². The van der Waals surface area contributed by atoms with E-state index >= 15 is 0 Å². The van der Waals surface area contributed by atoms with Crippen molar-refractivity contribution >= 4 is 5.69 Å². The van der Waals surface area contributed by atoms with Gasteiger partial charge in [-0.05, 0) is 13.0 Å². The number of ether oxygens (including phenoxy) is 3. The Morgan fingerprint density at radius 3 is 3.12 bits per heavy atom. The Kier molecular flexibility index (Phi) is 3.46. The van der Waals surface area contributed by atoms with E-state index in [1.807, 2.05) is 6.92 Å². The summed E-state index contributed by atoms with van der Waals surface area (Å²) in [5, 5.41) is 0. The molecule has 2 rings (SSSR count). The van der Waals surface area contributed by atoms with Gasteiger partial charge in [0.15, 0.2) is 0 Å². The van der Waals surface area contributed by atoms with E-state index in [2.05, 4.69) is 4.98 Å². The highest BCUT2D eigenvalue weighted by molar-refractivity contribution is 5.49. The molecule has 1 aliphatic rings. The molecule has 0 aliphatic carbocycles. The topological polar surface area (TPSA) is 66.6 Å². The fourth-order valence-electron chi connectivity index (χ4n) is 1.53. The lowest BCUT2D eigenvalue weighted by Gasteiger charge is -2.12. The average molecular weight is 224 g/mol. The number of hydrogen-bond acceptors (Lipinski definition) is 5. The van der Waals surface area contributed by atoms with Crippen molar-refractivity contribution < 1.29 is 14.2 Å². The zero-order chi connectivity index (χ0) is 11.4. The predicted octanol–water partition coefficient (Wildman–Crippen LogP) is 1.23. The minimum atomic E-state index is 0.0885. The number of nitrogens with two attached hydrogens (primary N) is 1. The van der Waals surface area contributed by atoms with E-state index in [9.17, 15) is 0 Å². The first kappa shape index (κ1) is 11.0. The van der Waals surface area contributed by atoms with Gasteiger partial charge in [0.25, 0.3) is 0 Å². The van der Waals surface area contributed by atoms with E-state index < -0.39 is 0 Å². The van der Waals surface area contributed by atoms with E-state index in [-0.39, 0.29) is 6.10 Å². The van der Waals surface area contributed by atoms with Crippen LogP contribution in [0.5, 0.6) is 11.8 Å². The largest absolute Gasteiger partial charge is 0.476 e. The molecule has 1 unspecified atom stereocenters. The van der Waals surface area contributed by atoms with Crippen molar-refractivity contribution in [3.63, 3.8) is 0 Å². The maximum atomic E-state index is 5.72. The van der Waals surface area contributed by atoms with Crippen molar-refractivity contribution in [2.45, 2.75) is 19.4 Å². The summed E-state index contributed by atoms with van der Waals surface area (Å²) in [6, 6.07) is 3.49. The fraction of sp³-hybridized carbons (Fsp3) is 0.545. The average Bonchev–Trinajstić information content (AvgIpc) is 2.76. The van der Waals surface area contributed by atoms with E-state index in [0.717, 1.165) is 13.0 Å². The lowest BCUT2D eigenvalue weighted by molar-refractivity contribution is 0.137. The normalized spacial score (nSPS) is 19.7. The zero-order valence-electron chi connectivity index (χ0n) is 9.31. The zero-order valence-corrected chi connectivity index (χ0v) is 9.31. The van der Waals surface area contributed by atoms with Gasteiger partial charge in [0.05, 0.1) is 25.5 Å². The van der Waals surface area contributed by atoms with Crippen molar-refractivity contribution in [1.29, 1.82) is 0 Å². The minimum Gasteiger partial charge on any atom is -0.476 e. The molecule has 0 aromatic carbocycles. The van der Waals surface area contributed by atoms with Crippen LogP contribution in [-0.4, -0.2) is 30.9 Å². The molecule has 1 aliphatic heterocycles. The van der Waals surface area contributed by atoms with Crippen LogP contribution >= 0.6 is 0 Å². The molecule has 5 heteroatoms. The molecule has 1 fully saturated rings. The summed E-state index contributed by atoms with van der Waals surface area (Å²) >= 11 is 0. The number of pyridine rings is 1. The second-order valence-electron chi connectivity index (χ2n) is 3.58. The van der Waals surface area contributed by atoms with Crippen LogP contribution in [0.25, 0.3) is 0 Å². The molecule has 2 heterocycles. The number of nitrogens with zero attached hydrogens (tertiary/aromatic N) is 1. The van der Waals surface area contributed by atoms with Gasteiger partial charge in [-0.2, -0.15) is 4.98 Å². The lowest BCUT2D eigenvalue weighted by Crippen LogP contribution is -2.16. The first-order valence-corrected chi connectivity index (χ1v) is 5.43. The summed E-state index contributed by atoms with van der Waals surface area (Å²) < 4.78 is 16.2. The Morgan fingerprint density at radius 2 is 2.44 bits per heavy atom. The first-order chi connectivity index (χ1) is 7.79. The minimum absolute atomic E-state index is 0.0885. The molecule has 5 nitrogen and oxygen atoms in total. The number of anilines is 1. The van der Waals surface area contributed by atoms with E-state index in [0.29, 0.717) is 30.7 Å². The van der Waals surface area contributed by atoms with Crippen molar-refractivity contribution in [2.24, 2.45) is 0 Å². The third kappa shape index (κ3) is 2.55. The molecule has 1 atom stereocenters. The molecular formula is C11H16N2O3. The molecule has 0 bridgehead atoms. The monoisotopic (exact) mass is 224 g/mol. The summed E-state index contributed by atoms with van der Waals surface area (Å²) in [4.78, 5) is 4.20. The summed E-state index contributed by atoms with van der Waals surface area (Å²) in [5.41, 5.74) is 6.24. The van der Waals surface area contributed by atoms with Crippen molar-refractivity contribution in [3.05, 3.63) is 12.1 Å². The van der Waals surface area contributed by atoms with E-state index in [4.69, 9.17) is 19.9 Å². The van der Waals surface area contributed by atoms with Crippen molar-refractivity contribution in [3.8, 4) is 11.8 Å². The maximum Gasteiger partial charge on any atom is 0.240 e. The van der Waals surface area contributed by atoms with Crippen LogP contribution < -0.4 is 15.2 Å². The Morgan fingerprint density at radius 1 is 1.56 bits per heavy atom. The van der Waals surface area contributed by atoms with Gasteiger partial charge in [-0.15, -0.1) is 0 Å². The summed E-state index contributed by atoms with van der Waals surface area (Å²) in [5.74, 6) is 0.965. The molecule has 1 aromatic rings. The Labute approximate surface area is 94.5 Å². The Bertz CT molecular complexity index is 351. The third-order valence-corrected chi connectivity index (χ3v) is 2.32. The second-order valence-corrected chi connectivity index (χ2v) is 3.58. The SMILES string of the molecule is CCOc1nc(OC2CCOC2)ccc1N.